The number of halogens is 1. The van der Waals surface area contributed by atoms with E-state index in [2.05, 4.69) is 0 Å². The molecule has 0 bridgehead atoms. The zero-order chi connectivity index (χ0) is 25.1. The second-order valence-corrected chi connectivity index (χ2v) is 8.21. The van der Waals surface area contributed by atoms with Crippen molar-refractivity contribution in [3.05, 3.63) is 86.4 Å². The Labute approximate surface area is 203 Å². The van der Waals surface area contributed by atoms with Gasteiger partial charge in [0.05, 0.1) is 37.3 Å². The molecule has 11 heteroatoms. The quantitative estimate of drug-likeness (QED) is 0.149. The van der Waals surface area contributed by atoms with Crippen LogP contribution in [0.2, 0.25) is 0 Å². The molecular formula is C24H20FN3O6S. The maximum atomic E-state index is 13.7. The Kier molecular flexibility index (Phi) is 6.87. The summed E-state index contributed by atoms with van der Waals surface area (Å²) < 4.78 is 31.3. The molecule has 0 aliphatic heterocycles. The average Bonchev–Trinajstić information content (AvgIpc) is 2.87. The number of thioether (sulfide) groups is 1. The molecule has 0 fully saturated rings. The highest BCUT2D eigenvalue weighted by molar-refractivity contribution is 7.98. The highest BCUT2D eigenvalue weighted by atomic mass is 32.2. The van der Waals surface area contributed by atoms with Gasteiger partial charge in [-0.05, 0) is 35.9 Å². The second-order valence-electron chi connectivity index (χ2n) is 7.27. The summed E-state index contributed by atoms with van der Waals surface area (Å²) in [5, 5.41) is 11.5. The summed E-state index contributed by atoms with van der Waals surface area (Å²) in [4.78, 5) is 28.9. The number of ether oxygens (including phenoxy) is 3. The number of fused-ring (bicyclic) bond motifs is 1. The molecule has 0 atom stereocenters. The molecule has 1 aromatic heterocycles. The van der Waals surface area contributed by atoms with Gasteiger partial charge >= 0.3 is 0 Å². The second kappa shape index (κ2) is 10.0. The van der Waals surface area contributed by atoms with Crippen molar-refractivity contribution in [3.8, 4) is 22.9 Å². The van der Waals surface area contributed by atoms with Gasteiger partial charge in [-0.25, -0.2) is 9.37 Å². The minimum Gasteiger partial charge on any atom is -0.493 e. The van der Waals surface area contributed by atoms with E-state index in [1.165, 1.54) is 80.1 Å². The Hall–Kier alpha value is -4.12. The third kappa shape index (κ3) is 4.62. The fraction of sp³-hybridized carbons (Fsp3) is 0.167. The van der Waals surface area contributed by atoms with Gasteiger partial charge in [-0.2, -0.15) is 0 Å². The van der Waals surface area contributed by atoms with Gasteiger partial charge in [-0.3, -0.25) is 19.5 Å². The Balaban J connectivity index is 1.90. The largest absolute Gasteiger partial charge is 0.493 e. The monoisotopic (exact) mass is 497 g/mol. The maximum absolute atomic E-state index is 13.7. The molecule has 0 unspecified atom stereocenters. The van der Waals surface area contributed by atoms with Crippen molar-refractivity contribution in [2.24, 2.45) is 0 Å². The predicted octanol–water partition coefficient (Wildman–Crippen LogP) is 4.75. The number of non-ortho nitro benzene ring substituents is 1. The molecule has 180 valence electrons. The van der Waals surface area contributed by atoms with E-state index in [1.54, 1.807) is 12.1 Å². The van der Waals surface area contributed by atoms with Gasteiger partial charge in [0, 0.05) is 17.9 Å². The van der Waals surface area contributed by atoms with Crippen molar-refractivity contribution >= 4 is 28.4 Å². The Bertz CT molecular complexity index is 1460. The number of hydrogen-bond donors (Lipinski definition) is 0. The summed E-state index contributed by atoms with van der Waals surface area (Å²) in [5.74, 6) is 0.756. The Morgan fingerprint density at radius 2 is 1.66 bits per heavy atom. The summed E-state index contributed by atoms with van der Waals surface area (Å²) in [7, 11) is 4.34. The van der Waals surface area contributed by atoms with Crippen LogP contribution >= 0.6 is 11.8 Å². The molecule has 0 N–H and O–H groups in total. The number of rotatable bonds is 8. The van der Waals surface area contributed by atoms with Crippen LogP contribution in [0, 0.1) is 15.9 Å². The lowest BCUT2D eigenvalue weighted by Gasteiger charge is -2.17. The van der Waals surface area contributed by atoms with Gasteiger partial charge in [0.25, 0.3) is 11.2 Å². The molecule has 0 aliphatic rings. The van der Waals surface area contributed by atoms with Crippen molar-refractivity contribution in [2.75, 3.05) is 21.3 Å². The number of nitrogens with zero attached hydrogens (tertiary/aromatic N) is 3. The highest BCUT2D eigenvalue weighted by Gasteiger charge is 2.22. The average molecular weight is 498 g/mol. The van der Waals surface area contributed by atoms with Gasteiger partial charge in [0.15, 0.2) is 16.7 Å². The lowest BCUT2D eigenvalue weighted by atomic mass is 10.2. The fourth-order valence-corrected chi connectivity index (χ4v) is 4.51. The number of hydrogen-bond acceptors (Lipinski definition) is 8. The lowest BCUT2D eigenvalue weighted by Crippen LogP contribution is -2.22. The summed E-state index contributed by atoms with van der Waals surface area (Å²) in [6.45, 7) is 0. The van der Waals surface area contributed by atoms with E-state index in [0.717, 1.165) is 5.56 Å². The number of nitro benzene ring substituents is 1. The van der Waals surface area contributed by atoms with Crippen LogP contribution in [-0.4, -0.2) is 35.8 Å². The summed E-state index contributed by atoms with van der Waals surface area (Å²) >= 11 is 1.25. The molecule has 0 saturated heterocycles. The number of aromatic nitrogens is 2. The zero-order valence-electron chi connectivity index (χ0n) is 19.0. The van der Waals surface area contributed by atoms with E-state index >= 15 is 0 Å². The highest BCUT2D eigenvalue weighted by Crippen LogP contribution is 2.42. The van der Waals surface area contributed by atoms with Crippen LogP contribution < -0.4 is 19.8 Å². The number of methoxy groups -OCH3 is 3. The minimum absolute atomic E-state index is 0.0171. The van der Waals surface area contributed by atoms with Crippen LogP contribution in [0.4, 0.5) is 10.1 Å². The van der Waals surface area contributed by atoms with Crippen molar-refractivity contribution in [1.82, 2.24) is 9.55 Å². The molecule has 0 radical (unpaired) electrons. The van der Waals surface area contributed by atoms with E-state index in [0.29, 0.717) is 28.1 Å². The van der Waals surface area contributed by atoms with Crippen molar-refractivity contribution in [1.29, 1.82) is 0 Å². The molecule has 0 amide bonds. The predicted molar refractivity (Wildman–Crippen MR) is 130 cm³/mol. The normalized spacial score (nSPS) is 10.9. The number of nitro groups is 1. The first-order chi connectivity index (χ1) is 16.9. The van der Waals surface area contributed by atoms with Gasteiger partial charge in [-0.1, -0.05) is 23.9 Å². The molecule has 0 spiro atoms. The topological polar surface area (TPSA) is 106 Å². The van der Waals surface area contributed by atoms with Crippen LogP contribution in [0.3, 0.4) is 0 Å². The standard InChI is InChI=1S/C24H20FN3O6S/c1-32-19-12-18-20(22(34-3)21(19)33-2)26-24(27(23(18)29)16-10-6-15(25)7-11-16)35-13-14-4-8-17(9-5-14)28(30)31/h4-12H,13H2,1-3H3. The molecule has 4 rings (SSSR count). The van der Waals surface area contributed by atoms with Gasteiger partial charge in [0.1, 0.15) is 11.3 Å². The molecule has 9 nitrogen and oxygen atoms in total. The van der Waals surface area contributed by atoms with Gasteiger partial charge < -0.3 is 14.2 Å². The van der Waals surface area contributed by atoms with Crippen LogP contribution in [-0.2, 0) is 5.75 Å². The van der Waals surface area contributed by atoms with Crippen molar-refractivity contribution < 1.29 is 23.5 Å². The van der Waals surface area contributed by atoms with E-state index in [4.69, 9.17) is 19.2 Å². The minimum atomic E-state index is -0.470. The summed E-state index contributed by atoms with van der Waals surface area (Å²) in [6.07, 6.45) is 0. The fourth-order valence-electron chi connectivity index (χ4n) is 3.54. The molecular weight excluding hydrogens is 477 g/mol. The molecule has 0 saturated carbocycles. The first-order valence-electron chi connectivity index (χ1n) is 10.3. The SMILES string of the molecule is COc1cc2c(=O)n(-c3ccc(F)cc3)c(SCc3ccc([N+](=O)[O-])cc3)nc2c(OC)c1OC. The first-order valence-corrected chi connectivity index (χ1v) is 11.2. The molecule has 35 heavy (non-hydrogen) atoms. The van der Waals surface area contributed by atoms with Gasteiger partial charge in [0.2, 0.25) is 5.75 Å². The van der Waals surface area contributed by atoms with E-state index in [1.807, 2.05) is 0 Å². The van der Waals surface area contributed by atoms with E-state index in [-0.39, 0.29) is 22.3 Å². The third-order valence-corrected chi connectivity index (χ3v) is 6.25. The van der Waals surface area contributed by atoms with Crippen molar-refractivity contribution in [3.63, 3.8) is 0 Å². The third-order valence-electron chi connectivity index (χ3n) is 5.24. The first kappa shape index (κ1) is 24.0. The summed E-state index contributed by atoms with van der Waals surface area (Å²) in [6, 6.07) is 13.1. The Morgan fingerprint density at radius 3 is 2.23 bits per heavy atom. The molecule has 3 aromatic carbocycles. The molecule has 4 aromatic rings. The van der Waals surface area contributed by atoms with Crippen LogP contribution in [0.1, 0.15) is 5.56 Å². The molecule has 0 aliphatic carbocycles. The van der Waals surface area contributed by atoms with E-state index in [9.17, 15) is 19.3 Å². The van der Waals surface area contributed by atoms with Crippen molar-refractivity contribution in [2.45, 2.75) is 10.9 Å². The maximum Gasteiger partial charge on any atom is 0.269 e. The molecule has 1 heterocycles. The number of benzene rings is 3. The van der Waals surface area contributed by atoms with Crippen LogP contribution in [0.15, 0.2) is 64.5 Å². The van der Waals surface area contributed by atoms with Crippen LogP contribution in [0.5, 0.6) is 17.2 Å². The van der Waals surface area contributed by atoms with E-state index < -0.39 is 16.3 Å². The van der Waals surface area contributed by atoms with Gasteiger partial charge in [-0.15, -0.1) is 0 Å². The zero-order valence-corrected chi connectivity index (χ0v) is 19.8. The lowest BCUT2D eigenvalue weighted by molar-refractivity contribution is -0.384. The smallest absolute Gasteiger partial charge is 0.269 e. The summed E-state index contributed by atoms with van der Waals surface area (Å²) in [5.41, 5.74) is 1.06. The Morgan fingerprint density at radius 1 is 1.00 bits per heavy atom. The van der Waals surface area contributed by atoms with Crippen LogP contribution in [0.25, 0.3) is 16.6 Å².